The third kappa shape index (κ3) is 6.08. The van der Waals surface area contributed by atoms with E-state index in [4.69, 9.17) is 4.74 Å². The quantitative estimate of drug-likeness (QED) is 0.488. The molecule has 2 heterocycles. The van der Waals surface area contributed by atoms with Crippen molar-refractivity contribution in [3.8, 4) is 0 Å². The minimum atomic E-state index is -0.362. The molecule has 0 bridgehead atoms. The van der Waals surface area contributed by atoms with Crippen LogP contribution in [0.3, 0.4) is 0 Å². The van der Waals surface area contributed by atoms with Crippen LogP contribution in [0.15, 0.2) is 0 Å². The van der Waals surface area contributed by atoms with Crippen molar-refractivity contribution in [3.05, 3.63) is 22.5 Å². The van der Waals surface area contributed by atoms with Gasteiger partial charge in [0.15, 0.2) is 0 Å². The van der Waals surface area contributed by atoms with Gasteiger partial charge in [0.25, 0.3) is 0 Å². The van der Waals surface area contributed by atoms with Gasteiger partial charge in [-0.2, -0.15) is 0 Å². The predicted molar refractivity (Wildman–Crippen MR) is 112 cm³/mol. The lowest BCUT2D eigenvalue weighted by atomic mass is 9.96. The highest BCUT2D eigenvalue weighted by Crippen LogP contribution is 2.22. The van der Waals surface area contributed by atoms with Crippen molar-refractivity contribution in [2.24, 2.45) is 5.92 Å². The number of rotatable bonds is 9. The van der Waals surface area contributed by atoms with Crippen LogP contribution in [0.4, 0.5) is 0 Å². The fraction of sp³-hybridized carbons (Fsp3) is 0.682. The molecule has 1 fully saturated rings. The molecule has 1 aromatic heterocycles. The summed E-state index contributed by atoms with van der Waals surface area (Å²) < 4.78 is 5.08. The maximum atomic E-state index is 12.8. The summed E-state index contributed by atoms with van der Waals surface area (Å²) in [5.74, 6) is -0.351. The van der Waals surface area contributed by atoms with Gasteiger partial charge >= 0.3 is 5.97 Å². The standard InChI is InChI=1S/C22H35N3O4/c1-5-7-12-23-21(27)17-9-8-13-25(14-17)19(26)11-10-18-15(3)20(24-16(18)4)22(28)29-6-2/h17,24H,5-14H2,1-4H3,(H,23,27)/t17-/m1/s1. The monoisotopic (exact) mass is 405 g/mol. The van der Waals surface area contributed by atoms with Crippen molar-refractivity contribution in [2.75, 3.05) is 26.2 Å². The molecule has 0 aliphatic carbocycles. The lowest BCUT2D eigenvalue weighted by Crippen LogP contribution is -2.45. The van der Waals surface area contributed by atoms with E-state index >= 15 is 0 Å². The second-order valence-corrected chi connectivity index (χ2v) is 7.77. The van der Waals surface area contributed by atoms with Crippen LogP contribution >= 0.6 is 0 Å². The van der Waals surface area contributed by atoms with Crippen LogP contribution < -0.4 is 5.32 Å². The van der Waals surface area contributed by atoms with Crippen molar-refractivity contribution < 1.29 is 19.1 Å². The highest BCUT2D eigenvalue weighted by atomic mass is 16.5. The number of carbonyl (C=O) groups is 3. The van der Waals surface area contributed by atoms with E-state index in [0.717, 1.165) is 42.5 Å². The second-order valence-electron chi connectivity index (χ2n) is 7.77. The Bertz CT molecular complexity index is 726. The summed E-state index contributed by atoms with van der Waals surface area (Å²) in [5.41, 5.74) is 3.20. The molecule has 0 spiro atoms. The molecule has 0 radical (unpaired) electrons. The van der Waals surface area contributed by atoms with E-state index in [1.54, 1.807) is 6.92 Å². The van der Waals surface area contributed by atoms with Crippen molar-refractivity contribution in [1.29, 1.82) is 0 Å². The van der Waals surface area contributed by atoms with Crippen molar-refractivity contribution in [2.45, 2.75) is 66.2 Å². The number of H-pyrrole nitrogens is 1. The Kier molecular flexibility index (Phi) is 8.73. The fourth-order valence-electron chi connectivity index (χ4n) is 3.91. The van der Waals surface area contributed by atoms with E-state index in [1.165, 1.54) is 0 Å². The lowest BCUT2D eigenvalue weighted by molar-refractivity contribution is -0.135. The minimum Gasteiger partial charge on any atom is -0.461 e. The molecule has 1 saturated heterocycles. The average Bonchev–Trinajstić information content (AvgIpc) is 3.00. The third-order valence-electron chi connectivity index (χ3n) is 5.64. The maximum absolute atomic E-state index is 12.8. The van der Waals surface area contributed by atoms with Crippen LogP contribution in [0.2, 0.25) is 0 Å². The van der Waals surface area contributed by atoms with Crippen LogP contribution in [0.5, 0.6) is 0 Å². The van der Waals surface area contributed by atoms with Gasteiger partial charge in [-0.1, -0.05) is 13.3 Å². The molecule has 1 aromatic rings. The first-order valence-corrected chi connectivity index (χ1v) is 10.8. The SMILES string of the molecule is CCCCNC(=O)[C@@H]1CCCN(C(=O)CCc2c(C)[nH]c(C(=O)OCC)c2C)C1. The summed E-state index contributed by atoms with van der Waals surface area (Å²) in [7, 11) is 0. The topological polar surface area (TPSA) is 91.5 Å². The number of nitrogens with zero attached hydrogens (tertiary/aromatic N) is 1. The van der Waals surface area contributed by atoms with Gasteiger partial charge < -0.3 is 19.9 Å². The van der Waals surface area contributed by atoms with Gasteiger partial charge in [0.1, 0.15) is 5.69 Å². The predicted octanol–water partition coefficient (Wildman–Crippen LogP) is 2.90. The number of carbonyl (C=O) groups excluding carboxylic acids is 3. The number of hydrogen-bond acceptors (Lipinski definition) is 4. The highest BCUT2D eigenvalue weighted by Gasteiger charge is 2.28. The van der Waals surface area contributed by atoms with E-state index in [0.29, 0.717) is 44.8 Å². The molecular formula is C22H35N3O4. The first-order valence-electron chi connectivity index (χ1n) is 10.8. The zero-order valence-corrected chi connectivity index (χ0v) is 18.2. The number of nitrogens with one attached hydrogen (secondary N) is 2. The molecule has 0 aromatic carbocycles. The number of piperidine rings is 1. The van der Waals surface area contributed by atoms with Gasteiger partial charge in [-0.25, -0.2) is 4.79 Å². The first-order chi connectivity index (χ1) is 13.9. The minimum absolute atomic E-state index is 0.0624. The molecule has 2 N–H and O–H groups in total. The van der Waals surface area contributed by atoms with Gasteiger partial charge in [0, 0.05) is 31.7 Å². The maximum Gasteiger partial charge on any atom is 0.355 e. The molecule has 0 saturated carbocycles. The second kappa shape index (κ2) is 11.0. The van der Waals surface area contributed by atoms with E-state index in [9.17, 15) is 14.4 Å². The van der Waals surface area contributed by atoms with E-state index in [1.807, 2.05) is 18.7 Å². The average molecular weight is 406 g/mol. The van der Waals surface area contributed by atoms with Gasteiger partial charge in [-0.05, 0) is 57.6 Å². The van der Waals surface area contributed by atoms with E-state index < -0.39 is 0 Å². The summed E-state index contributed by atoms with van der Waals surface area (Å²) >= 11 is 0. The summed E-state index contributed by atoms with van der Waals surface area (Å²) in [6.45, 7) is 9.89. The number of likely N-dealkylation sites (tertiary alicyclic amines) is 1. The summed E-state index contributed by atoms with van der Waals surface area (Å²) in [5, 5.41) is 2.98. The van der Waals surface area contributed by atoms with Gasteiger partial charge in [0.05, 0.1) is 12.5 Å². The molecule has 2 amide bonds. The number of aromatic amines is 1. The number of unbranched alkanes of at least 4 members (excludes halogenated alkanes) is 1. The van der Waals surface area contributed by atoms with Crippen LogP contribution in [0, 0.1) is 19.8 Å². The largest absolute Gasteiger partial charge is 0.461 e. The Labute approximate surface area is 173 Å². The number of aromatic nitrogens is 1. The number of esters is 1. The van der Waals surface area contributed by atoms with E-state index in [-0.39, 0.29) is 23.7 Å². The highest BCUT2D eigenvalue weighted by molar-refractivity contribution is 5.90. The molecular weight excluding hydrogens is 370 g/mol. The lowest BCUT2D eigenvalue weighted by Gasteiger charge is -2.32. The Morgan fingerprint density at radius 1 is 1.24 bits per heavy atom. The molecule has 7 heteroatoms. The molecule has 0 unspecified atom stereocenters. The number of aryl methyl sites for hydroxylation is 1. The van der Waals surface area contributed by atoms with Crippen LogP contribution in [-0.2, 0) is 20.7 Å². The van der Waals surface area contributed by atoms with Crippen LogP contribution in [0.25, 0.3) is 0 Å². The van der Waals surface area contributed by atoms with Gasteiger partial charge in [-0.3, -0.25) is 9.59 Å². The number of ether oxygens (including phenoxy) is 1. The molecule has 1 aliphatic rings. The smallest absolute Gasteiger partial charge is 0.355 e. The van der Waals surface area contributed by atoms with Crippen LogP contribution in [-0.4, -0.2) is 53.9 Å². The van der Waals surface area contributed by atoms with E-state index in [2.05, 4.69) is 17.2 Å². The summed E-state index contributed by atoms with van der Waals surface area (Å²) in [6, 6.07) is 0. The molecule has 162 valence electrons. The van der Waals surface area contributed by atoms with Crippen molar-refractivity contribution >= 4 is 17.8 Å². The molecule has 29 heavy (non-hydrogen) atoms. The zero-order valence-electron chi connectivity index (χ0n) is 18.2. The third-order valence-corrected chi connectivity index (χ3v) is 5.64. The Balaban J connectivity index is 1.92. The fourth-order valence-corrected chi connectivity index (χ4v) is 3.91. The van der Waals surface area contributed by atoms with Crippen molar-refractivity contribution in [1.82, 2.24) is 15.2 Å². The summed E-state index contributed by atoms with van der Waals surface area (Å²) in [4.78, 5) is 42.0. The summed E-state index contributed by atoms with van der Waals surface area (Å²) in [6.07, 6.45) is 4.64. The molecule has 7 nitrogen and oxygen atoms in total. The van der Waals surface area contributed by atoms with Gasteiger partial charge in [-0.15, -0.1) is 0 Å². The molecule has 2 rings (SSSR count). The van der Waals surface area contributed by atoms with Gasteiger partial charge in [0.2, 0.25) is 11.8 Å². The molecule has 1 atom stereocenters. The van der Waals surface area contributed by atoms with Crippen molar-refractivity contribution in [3.63, 3.8) is 0 Å². The number of amides is 2. The normalized spacial score (nSPS) is 16.6. The Hall–Kier alpha value is -2.31. The van der Waals surface area contributed by atoms with Crippen LogP contribution in [0.1, 0.15) is 73.3 Å². The Morgan fingerprint density at radius 2 is 2.00 bits per heavy atom. The Morgan fingerprint density at radius 3 is 2.69 bits per heavy atom. The number of hydrogen-bond donors (Lipinski definition) is 2. The molecule has 1 aliphatic heterocycles. The zero-order chi connectivity index (χ0) is 21.4. The first kappa shape index (κ1) is 23.0.